The lowest BCUT2D eigenvalue weighted by atomic mass is 9.93. The minimum Gasteiger partial charge on any atom is -0.326 e. The van der Waals surface area contributed by atoms with Crippen molar-refractivity contribution in [3.05, 3.63) is 73.0 Å². The molecule has 53 heavy (non-hydrogen) atoms. The third-order valence-electron chi connectivity index (χ3n) is 8.39. The predicted octanol–water partition coefficient (Wildman–Crippen LogP) is 17.0. The predicted molar refractivity (Wildman–Crippen MR) is 253 cm³/mol. The molecule has 0 aromatic rings. The molecule has 0 aliphatic heterocycles. The lowest BCUT2D eigenvalue weighted by Crippen LogP contribution is -2.27. The SMILES string of the molecule is C.C=C.C=CCC(C)(C)C.C=CCCCCCCCCCCCCCCCCCNCCCC.CC.CCC.CNNC1=CC=C(C(C)=C(C)C)CC1. The number of nitrogens with one attached hydrogen (secondary N) is 3. The van der Waals surface area contributed by atoms with Crippen molar-refractivity contribution in [2.45, 2.75) is 225 Å². The van der Waals surface area contributed by atoms with E-state index in [-0.39, 0.29) is 7.43 Å². The molecule has 0 radical (unpaired) electrons. The maximum absolute atomic E-state index is 3.78. The summed E-state index contributed by atoms with van der Waals surface area (Å²) in [5.74, 6) is 0. The number of allylic oxidation sites excluding steroid dienone is 8. The van der Waals surface area contributed by atoms with Crippen LogP contribution < -0.4 is 16.2 Å². The second kappa shape index (κ2) is 54.5. The van der Waals surface area contributed by atoms with Crippen molar-refractivity contribution in [3.8, 4) is 0 Å². The summed E-state index contributed by atoms with van der Waals surface area (Å²) < 4.78 is 0. The van der Waals surface area contributed by atoms with Gasteiger partial charge in [-0.3, -0.25) is 0 Å². The van der Waals surface area contributed by atoms with Gasteiger partial charge in [0.15, 0.2) is 0 Å². The van der Waals surface area contributed by atoms with E-state index in [2.05, 4.69) is 117 Å². The van der Waals surface area contributed by atoms with Crippen molar-refractivity contribution in [1.29, 1.82) is 0 Å². The molecule has 0 unspecified atom stereocenters. The Bertz CT molecular complexity index is 792. The van der Waals surface area contributed by atoms with Crippen LogP contribution in [0.2, 0.25) is 0 Å². The average molecular weight is 746 g/mol. The van der Waals surface area contributed by atoms with Gasteiger partial charge >= 0.3 is 0 Å². The fourth-order valence-electron chi connectivity index (χ4n) is 5.23. The molecule has 0 saturated heterocycles. The van der Waals surface area contributed by atoms with Crippen LogP contribution in [-0.2, 0) is 0 Å². The number of hydrazine groups is 1. The molecule has 0 heterocycles. The molecule has 0 saturated carbocycles. The van der Waals surface area contributed by atoms with E-state index in [9.17, 15) is 0 Å². The summed E-state index contributed by atoms with van der Waals surface area (Å²) in [5, 5.41) is 3.53. The molecule has 3 nitrogen and oxygen atoms in total. The summed E-state index contributed by atoms with van der Waals surface area (Å²) in [6.07, 6.45) is 38.4. The molecule has 0 aromatic carbocycles. The van der Waals surface area contributed by atoms with E-state index in [4.69, 9.17) is 0 Å². The highest BCUT2D eigenvalue weighted by atomic mass is 15.3. The Labute approximate surface area is 338 Å². The van der Waals surface area contributed by atoms with Crippen molar-refractivity contribution < 1.29 is 0 Å². The molecule has 1 rings (SSSR count). The normalized spacial score (nSPS) is 11.2. The van der Waals surface area contributed by atoms with Gasteiger partial charge in [0.05, 0.1) is 0 Å². The quantitative estimate of drug-likeness (QED) is 0.0495. The molecule has 3 heteroatoms. The zero-order chi connectivity index (χ0) is 40.7. The van der Waals surface area contributed by atoms with Gasteiger partial charge in [0.2, 0.25) is 0 Å². The minimum absolute atomic E-state index is 0. The zero-order valence-electron chi connectivity index (χ0n) is 38.1. The van der Waals surface area contributed by atoms with Crippen molar-refractivity contribution in [3.63, 3.8) is 0 Å². The fraction of sp³-hybridized carbons (Fsp3) is 0.760. The van der Waals surface area contributed by atoms with E-state index in [1.165, 1.54) is 158 Å². The zero-order valence-corrected chi connectivity index (χ0v) is 38.1. The van der Waals surface area contributed by atoms with E-state index in [0.29, 0.717) is 5.41 Å². The molecule has 0 fully saturated rings. The second-order valence-corrected chi connectivity index (χ2v) is 15.1. The molecule has 318 valence electrons. The van der Waals surface area contributed by atoms with Gasteiger partial charge in [-0.05, 0) is 101 Å². The lowest BCUT2D eigenvalue weighted by molar-refractivity contribution is 0.421. The first-order chi connectivity index (χ1) is 25.0. The van der Waals surface area contributed by atoms with E-state index in [0.717, 1.165) is 19.3 Å². The Morgan fingerprint density at radius 1 is 0.660 bits per heavy atom. The van der Waals surface area contributed by atoms with Gasteiger partial charge < -0.3 is 10.7 Å². The van der Waals surface area contributed by atoms with Crippen LogP contribution in [0.15, 0.2) is 73.0 Å². The molecule has 1 aliphatic rings. The number of unbranched alkanes of at least 4 members (excludes halogenated alkanes) is 16. The largest absolute Gasteiger partial charge is 0.326 e. The summed E-state index contributed by atoms with van der Waals surface area (Å²) in [6.45, 7) is 39.5. The Morgan fingerprint density at radius 2 is 1.08 bits per heavy atom. The van der Waals surface area contributed by atoms with E-state index in [1.807, 2.05) is 33.0 Å². The van der Waals surface area contributed by atoms with Crippen LogP contribution in [0.5, 0.6) is 0 Å². The highest BCUT2D eigenvalue weighted by molar-refractivity contribution is 5.38. The van der Waals surface area contributed by atoms with Crippen LogP contribution in [0.4, 0.5) is 0 Å². The van der Waals surface area contributed by atoms with Gasteiger partial charge in [-0.1, -0.05) is 183 Å². The van der Waals surface area contributed by atoms with E-state index in [1.54, 1.807) is 0 Å². The van der Waals surface area contributed by atoms with Crippen molar-refractivity contribution in [2.24, 2.45) is 5.41 Å². The smallest absolute Gasteiger partial charge is 0.0265 e. The van der Waals surface area contributed by atoms with E-state index < -0.39 is 0 Å². The van der Waals surface area contributed by atoms with Crippen molar-refractivity contribution in [2.75, 3.05) is 20.1 Å². The third kappa shape index (κ3) is 59.7. The molecular weight excluding hydrogens is 643 g/mol. The van der Waals surface area contributed by atoms with Gasteiger partial charge in [-0.2, -0.15) is 0 Å². The summed E-state index contributed by atoms with van der Waals surface area (Å²) in [4.78, 5) is 0. The summed E-state index contributed by atoms with van der Waals surface area (Å²) in [5.41, 5.74) is 12.1. The van der Waals surface area contributed by atoms with Crippen LogP contribution >= 0.6 is 0 Å². The third-order valence-corrected chi connectivity index (χ3v) is 8.39. The molecule has 0 bridgehead atoms. The Kier molecular flexibility index (Phi) is 64.9. The molecular formula is C50H103N3. The topological polar surface area (TPSA) is 36.1 Å². The molecule has 1 aliphatic carbocycles. The highest BCUT2D eigenvalue weighted by Gasteiger charge is 2.08. The monoisotopic (exact) mass is 746 g/mol. The van der Waals surface area contributed by atoms with Crippen LogP contribution in [-0.4, -0.2) is 20.1 Å². The molecule has 3 N–H and O–H groups in total. The first-order valence-corrected chi connectivity index (χ1v) is 21.9. The maximum atomic E-state index is 3.78. The van der Waals surface area contributed by atoms with Gasteiger partial charge in [0.25, 0.3) is 0 Å². The molecule has 0 atom stereocenters. The average Bonchev–Trinajstić information content (AvgIpc) is 3.13. The Hall–Kier alpha value is -1.84. The minimum atomic E-state index is 0. The van der Waals surface area contributed by atoms with Crippen molar-refractivity contribution >= 4 is 0 Å². The summed E-state index contributed by atoms with van der Waals surface area (Å²) in [6, 6.07) is 0. The lowest BCUT2D eigenvalue weighted by Gasteiger charge is -2.17. The summed E-state index contributed by atoms with van der Waals surface area (Å²) in [7, 11) is 1.89. The van der Waals surface area contributed by atoms with Crippen LogP contribution in [0.25, 0.3) is 0 Å². The van der Waals surface area contributed by atoms with Crippen molar-refractivity contribution in [1.82, 2.24) is 16.2 Å². The highest BCUT2D eigenvalue weighted by Crippen LogP contribution is 2.24. The van der Waals surface area contributed by atoms with Gasteiger partial charge in [0.1, 0.15) is 0 Å². The summed E-state index contributed by atoms with van der Waals surface area (Å²) >= 11 is 0. The number of hydrogen-bond donors (Lipinski definition) is 3. The molecule has 0 aromatic heterocycles. The first kappa shape index (κ1) is 63.1. The van der Waals surface area contributed by atoms with Gasteiger partial charge in [0, 0.05) is 12.7 Å². The standard InChI is InChI=1S/C23H47N.C12H20N2.C7H14.C3H8.C2H6.C2H4.CH4/c1-3-5-7-8-9-10-11-12-13-14-15-16-17-18-19-20-21-23-24-22-6-4-2;1-9(2)10(3)11-5-7-12(8-6-11)14-13-4;1-5-6-7(2,3)4;1-3-2;2*1-2;/h3,24H,1,4-23H2,2H3;5,7,13-14H,6,8H2,1-4H3;5H,1,6H2,2-4H3;3H2,1-2H3;1-2H3;1-2H2;1H4. The Morgan fingerprint density at radius 3 is 1.38 bits per heavy atom. The second-order valence-electron chi connectivity index (χ2n) is 15.1. The van der Waals surface area contributed by atoms with E-state index >= 15 is 0 Å². The number of hydrogen-bond acceptors (Lipinski definition) is 3. The molecule has 0 amide bonds. The first-order valence-electron chi connectivity index (χ1n) is 21.9. The Balaban J connectivity index is -0.000000160. The maximum Gasteiger partial charge on any atom is 0.0265 e. The molecule has 0 spiro atoms. The fourth-order valence-corrected chi connectivity index (χ4v) is 5.23. The number of rotatable bonds is 25. The van der Waals surface area contributed by atoms with Gasteiger partial charge in [-0.25, -0.2) is 5.43 Å². The van der Waals surface area contributed by atoms with Crippen LogP contribution in [0, 0.1) is 5.41 Å². The van der Waals surface area contributed by atoms with Crippen LogP contribution in [0.3, 0.4) is 0 Å². The van der Waals surface area contributed by atoms with Gasteiger partial charge in [-0.15, -0.1) is 26.3 Å². The van der Waals surface area contributed by atoms with Crippen LogP contribution in [0.1, 0.15) is 225 Å².